The van der Waals surface area contributed by atoms with E-state index in [0.717, 1.165) is 0 Å². The lowest BCUT2D eigenvalue weighted by atomic mass is 10.0. The minimum absolute atomic E-state index is 0.00143. The first-order valence-corrected chi connectivity index (χ1v) is 14.0. The molecule has 45 heavy (non-hydrogen) atoms. The van der Waals surface area contributed by atoms with Crippen molar-refractivity contribution in [1.29, 1.82) is 0 Å². The van der Waals surface area contributed by atoms with Gasteiger partial charge in [0.2, 0.25) is 11.8 Å². The van der Waals surface area contributed by atoms with Crippen molar-refractivity contribution in [3.63, 3.8) is 0 Å². The summed E-state index contributed by atoms with van der Waals surface area (Å²) in [6, 6.07) is 10.9. The number of guanidine groups is 1. The Hall–Kier alpha value is -5.41. The summed E-state index contributed by atoms with van der Waals surface area (Å²) in [5.74, 6) is -3.30. The van der Waals surface area contributed by atoms with Gasteiger partial charge in [0.1, 0.15) is 34.6 Å². The highest BCUT2D eigenvalue weighted by atomic mass is 16.7. The van der Waals surface area contributed by atoms with Crippen LogP contribution in [0.1, 0.15) is 44.7 Å². The third-order valence-corrected chi connectivity index (χ3v) is 6.08. The predicted molar refractivity (Wildman–Crippen MR) is 162 cm³/mol. The van der Waals surface area contributed by atoms with Crippen LogP contribution in [0.15, 0.2) is 59.7 Å². The average molecular weight is 630 g/mol. The van der Waals surface area contributed by atoms with E-state index in [1.54, 1.807) is 63.2 Å². The molecule has 16 nitrogen and oxygen atoms in total. The SMILES string of the molecule is CC(C)(C)OC(=O)N[C@@H](Cc1ccc(O)cc1)C(=O)N[C@H](Cc1ccccc1)C(=O)N[C@@H](CCCN/C(N)=N/[N+](=O)[O-])C(=O)O. The molecule has 2 aromatic rings. The second-order valence-corrected chi connectivity index (χ2v) is 11.0. The number of hydrogen-bond donors (Lipinski definition) is 7. The smallest absolute Gasteiger partial charge is 0.408 e. The molecule has 2 rings (SSSR count). The second kappa shape index (κ2) is 17.0. The highest BCUT2D eigenvalue weighted by Gasteiger charge is 2.31. The summed E-state index contributed by atoms with van der Waals surface area (Å²) in [7, 11) is 0. The molecule has 0 saturated carbocycles. The van der Waals surface area contributed by atoms with E-state index in [1.165, 1.54) is 12.1 Å². The number of nitrogens with zero attached hydrogens (tertiary/aromatic N) is 2. The topological polar surface area (TPSA) is 248 Å². The number of phenols is 1. The number of hydrazone groups is 1. The summed E-state index contributed by atoms with van der Waals surface area (Å²) < 4.78 is 5.31. The molecule has 0 fully saturated rings. The summed E-state index contributed by atoms with van der Waals surface area (Å²) in [6.45, 7) is 5.02. The number of nitro groups is 1. The molecule has 0 aliphatic carbocycles. The van der Waals surface area contributed by atoms with Crippen LogP contribution >= 0.6 is 0 Å². The molecular formula is C29H39N7O9. The Morgan fingerprint density at radius 2 is 1.44 bits per heavy atom. The zero-order valence-electron chi connectivity index (χ0n) is 25.2. The standard InChI is InChI=1S/C29H39N7O9/c1-29(2,3)45-28(42)34-23(17-19-11-13-20(37)14-12-19)25(39)33-22(16-18-8-5-4-6-9-18)24(38)32-21(26(40)41)10-7-15-31-27(30)35-36(43)44/h4-6,8-9,11-14,21-23,37H,7,10,15-17H2,1-3H3,(H,32,38)(H,33,39)(H,34,42)(H,40,41)(H3,30,31,35)/t21-,22+,23-/m0/s1. The number of nitrogens with one attached hydrogen (secondary N) is 4. The van der Waals surface area contributed by atoms with Crippen LogP contribution in [-0.4, -0.2) is 75.4 Å². The number of benzene rings is 2. The zero-order valence-corrected chi connectivity index (χ0v) is 25.2. The fourth-order valence-corrected chi connectivity index (χ4v) is 4.03. The van der Waals surface area contributed by atoms with Crippen LogP contribution in [0.4, 0.5) is 4.79 Å². The summed E-state index contributed by atoms with van der Waals surface area (Å²) in [5, 5.41) is 41.7. The fraction of sp³-hybridized carbons (Fsp3) is 0.414. The van der Waals surface area contributed by atoms with Crippen molar-refractivity contribution < 1.29 is 39.2 Å². The van der Waals surface area contributed by atoms with E-state index in [0.29, 0.717) is 11.1 Å². The van der Waals surface area contributed by atoms with Gasteiger partial charge in [-0.05, 0) is 56.9 Å². The van der Waals surface area contributed by atoms with E-state index in [9.17, 15) is 39.5 Å². The van der Waals surface area contributed by atoms with E-state index in [1.807, 2.05) is 0 Å². The van der Waals surface area contributed by atoms with Crippen molar-refractivity contribution in [2.45, 2.75) is 70.2 Å². The quantitative estimate of drug-likeness (QED) is 0.0481. The number of carboxylic acids is 1. The van der Waals surface area contributed by atoms with Crippen LogP contribution in [0, 0.1) is 10.1 Å². The maximum Gasteiger partial charge on any atom is 0.408 e. The highest BCUT2D eigenvalue weighted by molar-refractivity contribution is 5.93. The van der Waals surface area contributed by atoms with Crippen molar-refractivity contribution >= 4 is 29.8 Å². The Kier molecular flexibility index (Phi) is 13.5. The van der Waals surface area contributed by atoms with Gasteiger partial charge in [-0.1, -0.05) is 42.5 Å². The van der Waals surface area contributed by atoms with Gasteiger partial charge < -0.3 is 42.0 Å². The number of carbonyl (C=O) groups excluding carboxylic acids is 3. The number of rotatable bonds is 15. The van der Waals surface area contributed by atoms with E-state index in [-0.39, 0.29) is 38.0 Å². The van der Waals surface area contributed by atoms with Crippen molar-refractivity contribution in [2.75, 3.05) is 6.54 Å². The number of ether oxygens (including phenoxy) is 1. The van der Waals surface area contributed by atoms with Gasteiger partial charge >= 0.3 is 12.1 Å². The lowest BCUT2D eigenvalue weighted by molar-refractivity contribution is -0.485. The Labute approximate surface area is 259 Å². The van der Waals surface area contributed by atoms with Crippen molar-refractivity contribution in [1.82, 2.24) is 21.3 Å². The lowest BCUT2D eigenvalue weighted by Crippen LogP contribution is -2.57. The summed E-state index contributed by atoms with van der Waals surface area (Å²) in [6.07, 6.45) is -0.809. The Bertz CT molecular complexity index is 1350. The minimum atomic E-state index is -1.36. The number of amides is 3. The van der Waals surface area contributed by atoms with Crippen LogP contribution in [0.25, 0.3) is 0 Å². The molecule has 0 bridgehead atoms. The molecule has 0 aliphatic heterocycles. The Morgan fingerprint density at radius 3 is 1.98 bits per heavy atom. The van der Waals surface area contributed by atoms with Gasteiger partial charge in [0.15, 0.2) is 5.03 Å². The Morgan fingerprint density at radius 1 is 0.911 bits per heavy atom. The molecule has 244 valence electrons. The van der Waals surface area contributed by atoms with E-state index >= 15 is 0 Å². The van der Waals surface area contributed by atoms with Crippen LogP contribution in [-0.2, 0) is 32.0 Å². The predicted octanol–water partition coefficient (Wildman–Crippen LogP) is 1.00. The molecule has 0 aromatic heterocycles. The molecule has 0 aliphatic rings. The molecule has 0 heterocycles. The molecule has 0 saturated heterocycles. The van der Waals surface area contributed by atoms with E-state index in [2.05, 4.69) is 26.4 Å². The number of aliphatic carboxylic acids is 1. The van der Waals surface area contributed by atoms with Crippen LogP contribution in [0.3, 0.4) is 0 Å². The summed E-state index contributed by atoms with van der Waals surface area (Å²) >= 11 is 0. The first-order valence-electron chi connectivity index (χ1n) is 14.0. The number of aromatic hydroxyl groups is 1. The van der Waals surface area contributed by atoms with Crippen molar-refractivity contribution in [2.24, 2.45) is 10.8 Å². The summed E-state index contributed by atoms with van der Waals surface area (Å²) in [5.41, 5.74) is 5.77. The molecule has 2 aromatic carbocycles. The second-order valence-electron chi connectivity index (χ2n) is 11.0. The van der Waals surface area contributed by atoms with Crippen molar-refractivity contribution in [3.8, 4) is 5.75 Å². The normalized spacial score (nSPS) is 13.4. The number of nitrogens with two attached hydrogens (primary N) is 1. The van der Waals surface area contributed by atoms with Crippen LogP contribution < -0.4 is 27.0 Å². The van der Waals surface area contributed by atoms with Crippen LogP contribution in [0.2, 0.25) is 0 Å². The van der Waals surface area contributed by atoms with Gasteiger partial charge in [0.25, 0.3) is 5.96 Å². The zero-order chi connectivity index (χ0) is 33.6. The van der Waals surface area contributed by atoms with Gasteiger partial charge in [-0.25, -0.2) is 19.7 Å². The Balaban J connectivity index is 2.24. The fourth-order valence-electron chi connectivity index (χ4n) is 4.03. The third-order valence-electron chi connectivity index (χ3n) is 6.08. The molecule has 3 amide bonds. The maximum absolute atomic E-state index is 13.6. The monoisotopic (exact) mass is 629 g/mol. The molecular weight excluding hydrogens is 590 g/mol. The van der Waals surface area contributed by atoms with Gasteiger partial charge in [-0.3, -0.25) is 9.59 Å². The van der Waals surface area contributed by atoms with Gasteiger partial charge in [-0.15, -0.1) is 0 Å². The van der Waals surface area contributed by atoms with Crippen LogP contribution in [0.5, 0.6) is 5.75 Å². The molecule has 8 N–H and O–H groups in total. The van der Waals surface area contributed by atoms with Gasteiger partial charge in [-0.2, -0.15) is 0 Å². The first kappa shape index (κ1) is 35.8. The third kappa shape index (κ3) is 14.1. The van der Waals surface area contributed by atoms with E-state index < -0.39 is 58.6 Å². The van der Waals surface area contributed by atoms with E-state index in [4.69, 9.17) is 10.5 Å². The number of phenolic OH excluding ortho intramolecular Hbond substituents is 1. The number of carboxylic acid groups (broad SMARTS) is 1. The largest absolute Gasteiger partial charge is 0.508 e. The van der Waals surface area contributed by atoms with Gasteiger partial charge in [0, 0.05) is 19.4 Å². The average Bonchev–Trinajstić information content (AvgIpc) is 2.94. The molecule has 0 spiro atoms. The molecule has 16 heteroatoms. The van der Waals surface area contributed by atoms with Crippen molar-refractivity contribution in [3.05, 3.63) is 75.8 Å². The molecule has 0 unspecified atom stereocenters. The number of hydrogen-bond acceptors (Lipinski definition) is 8. The maximum atomic E-state index is 13.6. The summed E-state index contributed by atoms with van der Waals surface area (Å²) in [4.78, 5) is 62.0. The van der Waals surface area contributed by atoms with Gasteiger partial charge in [0.05, 0.1) is 0 Å². The lowest BCUT2D eigenvalue weighted by Gasteiger charge is -2.26. The first-order chi connectivity index (χ1) is 21.1. The number of carbonyl (C=O) groups is 4. The number of alkyl carbamates (subject to hydrolysis) is 1. The molecule has 3 atom stereocenters. The minimum Gasteiger partial charge on any atom is -0.508 e. The molecule has 0 radical (unpaired) electrons. The highest BCUT2D eigenvalue weighted by Crippen LogP contribution is 2.13.